The number of halogens is 1. The summed E-state index contributed by atoms with van der Waals surface area (Å²) in [5.41, 5.74) is 0.466. The molecule has 8 nitrogen and oxygen atoms in total. The maximum absolute atomic E-state index is 14.6. The molecule has 0 amide bonds. The Bertz CT molecular complexity index is 1280. The highest BCUT2D eigenvalue weighted by Crippen LogP contribution is 2.48. The molecular formula is C19H18FN5O3. The summed E-state index contributed by atoms with van der Waals surface area (Å²) in [5, 5.41) is 4.01. The van der Waals surface area contributed by atoms with Crippen molar-refractivity contribution >= 4 is 16.6 Å². The van der Waals surface area contributed by atoms with Crippen LogP contribution in [0.4, 0.5) is 4.39 Å². The molecule has 1 aromatic carbocycles. The van der Waals surface area contributed by atoms with Gasteiger partial charge in [0, 0.05) is 13.2 Å². The molecule has 0 radical (unpaired) electrons. The molecule has 28 heavy (non-hydrogen) atoms. The number of imidazole rings is 1. The van der Waals surface area contributed by atoms with Crippen LogP contribution >= 0.6 is 0 Å². The van der Waals surface area contributed by atoms with E-state index >= 15 is 0 Å². The van der Waals surface area contributed by atoms with E-state index in [0.29, 0.717) is 17.1 Å². The van der Waals surface area contributed by atoms with Crippen molar-refractivity contribution in [3.63, 3.8) is 0 Å². The van der Waals surface area contributed by atoms with E-state index in [2.05, 4.69) is 15.1 Å². The maximum atomic E-state index is 14.6. The molecule has 1 saturated carbocycles. The molecule has 0 saturated heterocycles. The van der Waals surface area contributed by atoms with Crippen LogP contribution in [0.1, 0.15) is 38.6 Å². The lowest BCUT2D eigenvalue weighted by Gasteiger charge is -2.16. The average molecular weight is 383 g/mol. The van der Waals surface area contributed by atoms with Gasteiger partial charge in [0.2, 0.25) is 5.82 Å². The lowest BCUT2D eigenvalue weighted by atomic mass is 10.2. The quantitative estimate of drug-likeness (QED) is 0.538. The molecule has 5 rings (SSSR count). The van der Waals surface area contributed by atoms with E-state index in [9.17, 15) is 9.18 Å². The minimum absolute atomic E-state index is 0.212. The summed E-state index contributed by atoms with van der Waals surface area (Å²) in [6.45, 7) is 3.67. The second-order valence-electron chi connectivity index (χ2n) is 7.31. The number of hydrogen-bond acceptors (Lipinski definition) is 6. The van der Waals surface area contributed by atoms with Crippen molar-refractivity contribution in [3.8, 4) is 11.5 Å². The fourth-order valence-corrected chi connectivity index (χ4v) is 3.67. The topological polar surface area (TPSA) is 87.5 Å². The number of hydrogen-bond donors (Lipinski definition) is 0. The normalized spacial score (nSPS) is 15.8. The molecular weight excluding hydrogens is 365 g/mol. The van der Waals surface area contributed by atoms with Crippen LogP contribution in [-0.2, 0) is 10.3 Å². The predicted octanol–water partition coefficient (Wildman–Crippen LogP) is 3.05. The third-order valence-electron chi connectivity index (χ3n) is 5.29. The predicted molar refractivity (Wildman–Crippen MR) is 98.5 cm³/mol. The Labute approximate surface area is 158 Å². The van der Waals surface area contributed by atoms with Gasteiger partial charge in [-0.15, -0.1) is 0 Å². The molecule has 0 N–H and O–H groups in total. The summed E-state index contributed by atoms with van der Waals surface area (Å²) >= 11 is 0. The van der Waals surface area contributed by atoms with Gasteiger partial charge in [0.15, 0.2) is 0 Å². The largest absolute Gasteiger partial charge is 0.368 e. The van der Waals surface area contributed by atoms with Crippen molar-refractivity contribution in [1.29, 1.82) is 0 Å². The Kier molecular flexibility index (Phi) is 3.48. The SMILES string of the molecule is COC1(c2nc(-c3ncn4c3c(=O)n(C(C)C)c3c(F)cccc34)no2)CC1. The van der Waals surface area contributed by atoms with Gasteiger partial charge in [-0.1, -0.05) is 11.2 Å². The highest BCUT2D eigenvalue weighted by atomic mass is 19.1. The summed E-state index contributed by atoms with van der Waals surface area (Å²) < 4.78 is 28.4. The molecule has 3 heterocycles. The van der Waals surface area contributed by atoms with Crippen LogP contribution in [0.2, 0.25) is 0 Å². The summed E-state index contributed by atoms with van der Waals surface area (Å²) in [6, 6.07) is 4.45. The zero-order valence-electron chi connectivity index (χ0n) is 15.6. The highest BCUT2D eigenvalue weighted by Gasteiger charge is 2.50. The van der Waals surface area contributed by atoms with Crippen molar-refractivity contribution in [1.82, 2.24) is 24.1 Å². The average Bonchev–Trinajstić information content (AvgIpc) is 3.11. The van der Waals surface area contributed by atoms with Crippen molar-refractivity contribution in [2.24, 2.45) is 0 Å². The molecule has 3 aromatic heterocycles. The Balaban J connectivity index is 1.81. The first-order chi connectivity index (χ1) is 13.5. The van der Waals surface area contributed by atoms with E-state index < -0.39 is 11.4 Å². The van der Waals surface area contributed by atoms with E-state index in [-0.39, 0.29) is 28.5 Å². The number of fused-ring (bicyclic) bond motifs is 3. The van der Waals surface area contributed by atoms with Crippen LogP contribution in [0.3, 0.4) is 0 Å². The molecule has 0 bridgehead atoms. The second kappa shape index (κ2) is 5.71. The van der Waals surface area contributed by atoms with Crippen LogP contribution < -0.4 is 5.56 Å². The van der Waals surface area contributed by atoms with E-state index in [0.717, 1.165) is 12.8 Å². The van der Waals surface area contributed by atoms with Gasteiger partial charge in [-0.3, -0.25) is 13.8 Å². The Morgan fingerprint density at radius 3 is 2.75 bits per heavy atom. The number of nitrogens with zero attached hydrogens (tertiary/aromatic N) is 5. The van der Waals surface area contributed by atoms with Crippen molar-refractivity contribution in [2.45, 2.75) is 38.3 Å². The van der Waals surface area contributed by atoms with Crippen LogP contribution in [0, 0.1) is 5.82 Å². The van der Waals surface area contributed by atoms with Crippen molar-refractivity contribution in [2.75, 3.05) is 7.11 Å². The molecule has 144 valence electrons. The molecule has 0 atom stereocenters. The minimum atomic E-state index is -0.533. The number of benzene rings is 1. The molecule has 9 heteroatoms. The lowest BCUT2D eigenvalue weighted by Crippen LogP contribution is -2.25. The van der Waals surface area contributed by atoms with E-state index in [1.54, 1.807) is 23.6 Å². The summed E-state index contributed by atoms with van der Waals surface area (Å²) in [5.74, 6) is 0.129. The van der Waals surface area contributed by atoms with Gasteiger partial charge in [-0.05, 0) is 38.8 Å². The zero-order chi connectivity index (χ0) is 19.6. The van der Waals surface area contributed by atoms with E-state index in [4.69, 9.17) is 9.26 Å². The van der Waals surface area contributed by atoms with E-state index in [1.807, 2.05) is 13.8 Å². The first-order valence-electron chi connectivity index (χ1n) is 9.06. The fraction of sp³-hybridized carbons (Fsp3) is 0.368. The molecule has 0 spiro atoms. The number of rotatable bonds is 4. The number of aromatic nitrogens is 5. The Morgan fingerprint density at radius 1 is 1.29 bits per heavy atom. The summed E-state index contributed by atoms with van der Waals surface area (Å²) in [6.07, 6.45) is 3.09. The van der Waals surface area contributed by atoms with Crippen molar-refractivity contribution in [3.05, 3.63) is 46.6 Å². The summed E-state index contributed by atoms with van der Waals surface area (Å²) in [4.78, 5) is 22.1. The third kappa shape index (κ3) is 2.19. The zero-order valence-corrected chi connectivity index (χ0v) is 15.6. The van der Waals surface area contributed by atoms with Crippen LogP contribution in [-0.4, -0.2) is 31.2 Å². The molecule has 0 aliphatic heterocycles. The van der Waals surface area contributed by atoms with Gasteiger partial charge < -0.3 is 9.26 Å². The molecule has 1 fully saturated rings. The third-order valence-corrected chi connectivity index (χ3v) is 5.29. The number of ether oxygens (including phenoxy) is 1. The standard InChI is InChI=1S/C19H18FN5O3/c1-10(2)25-14-11(20)5-4-6-12(14)24-9-21-13(15(24)17(25)26)16-22-18(28-23-16)19(27-3)7-8-19/h4-6,9-10H,7-8H2,1-3H3. The molecule has 1 aliphatic carbocycles. The van der Waals surface area contributed by atoms with Gasteiger partial charge in [-0.25, -0.2) is 9.37 Å². The lowest BCUT2D eigenvalue weighted by molar-refractivity contribution is 0.0492. The molecule has 1 aliphatic rings. The van der Waals surface area contributed by atoms with Gasteiger partial charge in [0.05, 0.1) is 5.52 Å². The van der Waals surface area contributed by atoms with Gasteiger partial charge >= 0.3 is 0 Å². The van der Waals surface area contributed by atoms with Gasteiger partial charge in [-0.2, -0.15) is 4.98 Å². The van der Waals surface area contributed by atoms with Crippen molar-refractivity contribution < 1.29 is 13.7 Å². The fourth-order valence-electron chi connectivity index (χ4n) is 3.67. The first kappa shape index (κ1) is 17.1. The molecule has 0 unspecified atom stereocenters. The molecule has 4 aromatic rings. The minimum Gasteiger partial charge on any atom is -0.368 e. The highest BCUT2D eigenvalue weighted by molar-refractivity contribution is 5.84. The van der Waals surface area contributed by atoms with E-state index in [1.165, 1.54) is 17.0 Å². The van der Waals surface area contributed by atoms with Gasteiger partial charge in [0.25, 0.3) is 11.4 Å². The number of methoxy groups -OCH3 is 1. The summed E-state index contributed by atoms with van der Waals surface area (Å²) in [7, 11) is 1.60. The smallest absolute Gasteiger partial charge is 0.278 e. The maximum Gasteiger partial charge on any atom is 0.278 e. The number of para-hydroxylation sites is 1. The second-order valence-corrected chi connectivity index (χ2v) is 7.31. The van der Waals surface area contributed by atoms with Crippen LogP contribution in [0.25, 0.3) is 28.1 Å². The van der Waals surface area contributed by atoms with Crippen LogP contribution in [0.5, 0.6) is 0 Å². The Morgan fingerprint density at radius 2 is 2.07 bits per heavy atom. The van der Waals surface area contributed by atoms with Crippen LogP contribution in [0.15, 0.2) is 33.8 Å². The monoisotopic (exact) mass is 383 g/mol. The first-order valence-corrected chi connectivity index (χ1v) is 9.06. The van der Waals surface area contributed by atoms with Gasteiger partial charge in [0.1, 0.15) is 34.5 Å². The Hall–Kier alpha value is -3.07.